The van der Waals surface area contributed by atoms with Gasteiger partial charge in [0.25, 0.3) is 0 Å². The lowest BCUT2D eigenvalue weighted by Gasteiger charge is -2.29. The Kier molecular flexibility index (Phi) is 3.04. The molecular formula is C13H17BrN4O2. The van der Waals surface area contributed by atoms with E-state index < -0.39 is 5.60 Å². The third kappa shape index (κ3) is 2.30. The van der Waals surface area contributed by atoms with Crippen molar-refractivity contribution < 1.29 is 9.53 Å². The predicted molar refractivity (Wildman–Crippen MR) is 77.6 cm³/mol. The molecule has 0 fully saturated rings. The number of hydrogen-bond acceptors (Lipinski definition) is 3. The number of halogens is 1. The number of imidazole rings is 2. The summed E-state index contributed by atoms with van der Waals surface area (Å²) in [6.45, 7) is 6.81. The molecule has 1 N–H and O–H groups in total. The molecule has 3 rings (SSSR count). The minimum atomic E-state index is -0.468. The number of H-pyrrole nitrogens is 1. The molecule has 20 heavy (non-hydrogen) atoms. The fourth-order valence-corrected chi connectivity index (χ4v) is 2.89. The number of nitrogens with one attached hydrogen (secondary N) is 1. The van der Waals surface area contributed by atoms with Crippen LogP contribution in [0.3, 0.4) is 0 Å². The van der Waals surface area contributed by atoms with Gasteiger partial charge in [-0.3, -0.25) is 4.40 Å². The number of fused-ring (bicyclic) bond motifs is 3. The fraction of sp³-hybridized carbons (Fsp3) is 0.538. The third-order valence-corrected chi connectivity index (χ3v) is 3.78. The molecule has 1 amide bonds. The van der Waals surface area contributed by atoms with Crippen LogP contribution < -0.4 is 0 Å². The lowest BCUT2D eigenvalue weighted by Crippen LogP contribution is -2.40. The maximum Gasteiger partial charge on any atom is 0.410 e. The molecule has 0 spiro atoms. The molecule has 1 aliphatic rings. The summed E-state index contributed by atoms with van der Waals surface area (Å²) in [4.78, 5) is 21.4. The topological polar surface area (TPSA) is 62.6 Å². The Labute approximate surface area is 125 Å². The van der Waals surface area contributed by atoms with E-state index in [1.807, 2.05) is 25.2 Å². The van der Waals surface area contributed by atoms with Crippen LogP contribution in [-0.2, 0) is 17.7 Å². The van der Waals surface area contributed by atoms with E-state index in [2.05, 4.69) is 25.9 Å². The molecule has 108 valence electrons. The lowest BCUT2D eigenvalue weighted by molar-refractivity contribution is 0.0220. The van der Waals surface area contributed by atoms with Crippen LogP contribution >= 0.6 is 15.9 Å². The van der Waals surface area contributed by atoms with Gasteiger partial charge < -0.3 is 14.6 Å². The van der Waals surface area contributed by atoms with Crippen LogP contribution in [0, 0.1) is 0 Å². The number of ether oxygens (including phenoxy) is 1. The van der Waals surface area contributed by atoms with E-state index >= 15 is 0 Å². The molecule has 7 heteroatoms. The predicted octanol–water partition coefficient (Wildman–Crippen LogP) is 2.72. The number of nitrogens with zero attached hydrogens (tertiary/aromatic N) is 3. The zero-order valence-corrected chi connectivity index (χ0v) is 13.3. The van der Waals surface area contributed by atoms with Crippen molar-refractivity contribution in [3.8, 4) is 0 Å². The number of aromatic nitrogens is 3. The molecule has 0 aliphatic carbocycles. The first-order valence-electron chi connectivity index (χ1n) is 6.56. The van der Waals surface area contributed by atoms with Crippen molar-refractivity contribution in [3.63, 3.8) is 0 Å². The van der Waals surface area contributed by atoms with Gasteiger partial charge in [0.2, 0.25) is 5.78 Å². The number of carbonyl (C=O) groups excluding carboxylic acids is 1. The van der Waals surface area contributed by atoms with Gasteiger partial charge in [0, 0.05) is 18.7 Å². The standard InChI is InChI=1S/C13H17BrN4O2/c1-13(2,3)20-12(19)17-5-4-9-8(7-17)16-11-15-6-10(14)18(9)11/h6H,4-5,7H2,1-3H3,(H,15,16). The Bertz CT molecular complexity index is 668. The zero-order valence-electron chi connectivity index (χ0n) is 11.7. The van der Waals surface area contributed by atoms with Gasteiger partial charge >= 0.3 is 6.09 Å². The Morgan fingerprint density at radius 1 is 1.50 bits per heavy atom. The van der Waals surface area contributed by atoms with Crippen LogP contribution in [0.2, 0.25) is 0 Å². The van der Waals surface area contributed by atoms with Crippen LogP contribution in [-0.4, -0.2) is 37.5 Å². The molecule has 0 unspecified atom stereocenters. The van der Waals surface area contributed by atoms with Gasteiger partial charge in [0.05, 0.1) is 18.4 Å². The Balaban J connectivity index is 1.84. The minimum absolute atomic E-state index is 0.269. The van der Waals surface area contributed by atoms with Gasteiger partial charge in [0.15, 0.2) is 0 Å². The first-order valence-corrected chi connectivity index (χ1v) is 7.35. The molecule has 1 aliphatic heterocycles. The Morgan fingerprint density at radius 3 is 2.95 bits per heavy atom. The summed E-state index contributed by atoms with van der Waals surface area (Å²) < 4.78 is 8.38. The van der Waals surface area contributed by atoms with E-state index in [4.69, 9.17) is 4.74 Å². The van der Waals surface area contributed by atoms with Crippen molar-refractivity contribution in [3.05, 3.63) is 22.2 Å². The highest BCUT2D eigenvalue weighted by Gasteiger charge is 2.28. The molecule has 0 saturated carbocycles. The lowest BCUT2D eigenvalue weighted by atomic mass is 10.1. The number of hydrogen-bond donors (Lipinski definition) is 1. The third-order valence-electron chi connectivity index (χ3n) is 3.22. The largest absolute Gasteiger partial charge is 0.444 e. The SMILES string of the molecule is CC(C)(C)OC(=O)N1CCc2c([nH]c3ncc(Br)n23)C1. The first kappa shape index (κ1) is 13.5. The molecule has 0 bridgehead atoms. The highest BCUT2D eigenvalue weighted by Crippen LogP contribution is 2.24. The minimum Gasteiger partial charge on any atom is -0.444 e. The van der Waals surface area contributed by atoms with Gasteiger partial charge in [-0.05, 0) is 36.7 Å². The molecule has 0 saturated heterocycles. The number of rotatable bonds is 0. The summed E-state index contributed by atoms with van der Waals surface area (Å²) in [6.07, 6.45) is 2.28. The maximum absolute atomic E-state index is 12.1. The molecule has 0 atom stereocenters. The number of carbonyl (C=O) groups is 1. The summed E-state index contributed by atoms with van der Waals surface area (Å²) in [6, 6.07) is 0. The second-order valence-corrected chi connectivity index (χ2v) is 6.75. The van der Waals surface area contributed by atoms with Crippen molar-refractivity contribution in [2.75, 3.05) is 6.54 Å². The summed E-state index contributed by atoms with van der Waals surface area (Å²) in [7, 11) is 0. The van der Waals surface area contributed by atoms with E-state index in [-0.39, 0.29) is 6.09 Å². The first-order chi connectivity index (χ1) is 9.35. The van der Waals surface area contributed by atoms with Crippen LogP contribution in [0.4, 0.5) is 4.79 Å². The molecule has 6 nitrogen and oxygen atoms in total. The molecule has 3 heterocycles. The van der Waals surface area contributed by atoms with Crippen LogP contribution in [0.5, 0.6) is 0 Å². The zero-order chi connectivity index (χ0) is 14.5. The van der Waals surface area contributed by atoms with Crippen molar-refractivity contribution >= 4 is 27.8 Å². The Hall–Kier alpha value is -1.50. The average molecular weight is 341 g/mol. The highest BCUT2D eigenvalue weighted by molar-refractivity contribution is 9.10. The van der Waals surface area contributed by atoms with E-state index in [0.29, 0.717) is 13.1 Å². The fourth-order valence-electron chi connectivity index (χ4n) is 2.40. The second kappa shape index (κ2) is 4.51. The summed E-state index contributed by atoms with van der Waals surface area (Å²) in [5.41, 5.74) is 1.72. The molecule has 2 aromatic heterocycles. The smallest absolute Gasteiger partial charge is 0.410 e. The highest BCUT2D eigenvalue weighted by atomic mass is 79.9. The molecule has 2 aromatic rings. The second-order valence-electron chi connectivity index (χ2n) is 5.94. The van der Waals surface area contributed by atoms with Crippen LogP contribution in [0.15, 0.2) is 10.8 Å². The van der Waals surface area contributed by atoms with Crippen molar-refractivity contribution in [1.29, 1.82) is 0 Å². The monoisotopic (exact) mass is 340 g/mol. The van der Waals surface area contributed by atoms with Gasteiger partial charge in [-0.25, -0.2) is 9.78 Å². The van der Waals surface area contributed by atoms with Crippen LogP contribution in [0.25, 0.3) is 5.78 Å². The normalized spacial score (nSPS) is 15.5. The maximum atomic E-state index is 12.1. The van der Waals surface area contributed by atoms with Crippen molar-refractivity contribution in [2.24, 2.45) is 0 Å². The quantitative estimate of drug-likeness (QED) is 0.801. The molecule has 0 radical (unpaired) electrons. The van der Waals surface area contributed by atoms with E-state index in [0.717, 1.165) is 22.5 Å². The summed E-state index contributed by atoms with van der Waals surface area (Å²) in [5, 5.41) is 0. The summed E-state index contributed by atoms with van der Waals surface area (Å²) in [5.74, 6) is 0.799. The van der Waals surface area contributed by atoms with Crippen LogP contribution in [0.1, 0.15) is 32.2 Å². The molecule has 0 aromatic carbocycles. The molecular weight excluding hydrogens is 324 g/mol. The number of aromatic amines is 1. The van der Waals surface area contributed by atoms with Gasteiger partial charge in [0.1, 0.15) is 10.2 Å². The number of amides is 1. The average Bonchev–Trinajstić information content (AvgIpc) is 2.86. The van der Waals surface area contributed by atoms with Crippen molar-refractivity contribution in [1.82, 2.24) is 19.3 Å². The van der Waals surface area contributed by atoms with Crippen molar-refractivity contribution in [2.45, 2.75) is 39.3 Å². The Morgan fingerprint density at radius 2 is 2.25 bits per heavy atom. The van der Waals surface area contributed by atoms with Gasteiger partial charge in [-0.1, -0.05) is 0 Å². The summed E-state index contributed by atoms with van der Waals surface area (Å²) >= 11 is 3.48. The van der Waals surface area contributed by atoms with E-state index in [9.17, 15) is 4.79 Å². The van der Waals surface area contributed by atoms with E-state index in [1.54, 1.807) is 11.1 Å². The van der Waals surface area contributed by atoms with Gasteiger partial charge in [-0.2, -0.15) is 0 Å². The van der Waals surface area contributed by atoms with Gasteiger partial charge in [-0.15, -0.1) is 0 Å². The van der Waals surface area contributed by atoms with E-state index in [1.165, 1.54) is 5.69 Å².